The maximum atomic E-state index is 13.2. The molecule has 3 aromatic rings. The first-order chi connectivity index (χ1) is 13.2. The second-order valence-corrected chi connectivity index (χ2v) is 6.89. The zero-order chi connectivity index (χ0) is 18.4. The van der Waals surface area contributed by atoms with E-state index in [4.69, 9.17) is 4.42 Å². The highest BCUT2D eigenvalue weighted by atomic mass is 16.3. The lowest BCUT2D eigenvalue weighted by molar-refractivity contribution is -0.132. The van der Waals surface area contributed by atoms with Crippen molar-refractivity contribution >= 4 is 11.9 Å². The van der Waals surface area contributed by atoms with E-state index in [9.17, 15) is 9.59 Å². The van der Waals surface area contributed by atoms with Gasteiger partial charge >= 0.3 is 6.03 Å². The lowest BCUT2D eigenvalue weighted by Crippen LogP contribution is -2.41. The molecule has 27 heavy (non-hydrogen) atoms. The molecule has 6 heteroatoms. The molecule has 2 heterocycles. The van der Waals surface area contributed by atoms with Crippen LogP contribution in [0.15, 0.2) is 65.3 Å². The van der Waals surface area contributed by atoms with E-state index in [0.717, 1.165) is 23.1 Å². The normalized spacial score (nSPS) is 21.0. The van der Waals surface area contributed by atoms with Gasteiger partial charge in [0.15, 0.2) is 0 Å². The minimum Gasteiger partial charge on any atom is -0.444 e. The van der Waals surface area contributed by atoms with E-state index in [1.165, 1.54) is 11.2 Å². The Labute approximate surface area is 155 Å². The molecule has 0 unspecified atom stereocenters. The van der Waals surface area contributed by atoms with Crippen LogP contribution >= 0.6 is 0 Å². The summed E-state index contributed by atoms with van der Waals surface area (Å²) in [6.07, 6.45) is 2.86. The standard InChI is InChI=1S/C21H17N3O3/c25-19-21(11-10-14-6-4-5-9-17(14)21)23-20(26)24(19)12-16-13-27-18(22-16)15-7-2-1-3-8-15/h1-9,13H,10-12H2,(H,23,26)/t21-/m1/s1. The SMILES string of the molecule is O=C1N[C@@]2(CCc3ccccc32)C(=O)N1Cc1coc(-c2ccccc2)n1. The summed E-state index contributed by atoms with van der Waals surface area (Å²) in [5, 5.41) is 2.92. The highest BCUT2D eigenvalue weighted by Gasteiger charge is 2.55. The highest BCUT2D eigenvalue weighted by molar-refractivity contribution is 6.08. The van der Waals surface area contributed by atoms with Gasteiger partial charge in [-0.2, -0.15) is 0 Å². The van der Waals surface area contributed by atoms with Crippen LogP contribution in [0.4, 0.5) is 4.79 Å². The molecule has 1 N–H and O–H groups in total. The maximum absolute atomic E-state index is 13.2. The van der Waals surface area contributed by atoms with Gasteiger partial charge in [0, 0.05) is 5.56 Å². The van der Waals surface area contributed by atoms with Gasteiger partial charge in [-0.25, -0.2) is 9.78 Å². The van der Waals surface area contributed by atoms with Crippen LogP contribution in [-0.4, -0.2) is 21.8 Å². The van der Waals surface area contributed by atoms with Crippen molar-refractivity contribution in [1.29, 1.82) is 0 Å². The first-order valence-corrected chi connectivity index (χ1v) is 8.90. The van der Waals surface area contributed by atoms with E-state index in [-0.39, 0.29) is 18.5 Å². The lowest BCUT2D eigenvalue weighted by Gasteiger charge is -2.22. The smallest absolute Gasteiger partial charge is 0.325 e. The molecule has 5 rings (SSSR count). The Morgan fingerprint density at radius 1 is 1.07 bits per heavy atom. The number of fused-ring (bicyclic) bond motifs is 2. The molecule has 1 aliphatic carbocycles. The number of rotatable bonds is 3. The van der Waals surface area contributed by atoms with Crippen LogP contribution in [0.25, 0.3) is 11.5 Å². The molecule has 6 nitrogen and oxygen atoms in total. The number of benzene rings is 2. The van der Waals surface area contributed by atoms with E-state index >= 15 is 0 Å². The number of aromatic nitrogens is 1. The van der Waals surface area contributed by atoms with Gasteiger partial charge in [0.2, 0.25) is 5.89 Å². The summed E-state index contributed by atoms with van der Waals surface area (Å²) < 4.78 is 5.52. The number of carbonyl (C=O) groups is 2. The zero-order valence-corrected chi connectivity index (χ0v) is 14.5. The summed E-state index contributed by atoms with van der Waals surface area (Å²) in [6, 6.07) is 16.9. The molecule has 2 aromatic carbocycles. The zero-order valence-electron chi connectivity index (χ0n) is 14.5. The molecule has 1 fully saturated rings. The van der Waals surface area contributed by atoms with Crippen LogP contribution in [0.5, 0.6) is 0 Å². The number of hydrogen-bond acceptors (Lipinski definition) is 4. The Morgan fingerprint density at radius 3 is 2.70 bits per heavy atom. The Bertz CT molecular complexity index is 1040. The molecule has 1 atom stereocenters. The monoisotopic (exact) mass is 359 g/mol. The third-order valence-corrected chi connectivity index (χ3v) is 5.31. The predicted molar refractivity (Wildman–Crippen MR) is 97.5 cm³/mol. The Balaban J connectivity index is 1.42. The fourth-order valence-electron chi connectivity index (χ4n) is 3.99. The number of oxazole rings is 1. The molecule has 2 aliphatic rings. The van der Waals surface area contributed by atoms with E-state index in [0.29, 0.717) is 18.0 Å². The van der Waals surface area contributed by atoms with Gasteiger partial charge in [-0.15, -0.1) is 0 Å². The quantitative estimate of drug-likeness (QED) is 0.729. The third-order valence-electron chi connectivity index (χ3n) is 5.31. The average Bonchev–Trinajstić information content (AvgIpc) is 3.38. The Kier molecular flexibility index (Phi) is 3.40. The molecular weight excluding hydrogens is 342 g/mol. The number of nitrogens with one attached hydrogen (secondary N) is 1. The van der Waals surface area contributed by atoms with Crippen molar-refractivity contribution in [1.82, 2.24) is 15.2 Å². The summed E-state index contributed by atoms with van der Waals surface area (Å²) in [7, 11) is 0. The van der Waals surface area contributed by atoms with Crippen molar-refractivity contribution in [3.8, 4) is 11.5 Å². The molecule has 1 saturated heterocycles. The summed E-state index contributed by atoms with van der Waals surface area (Å²) in [4.78, 5) is 31.4. The molecule has 0 radical (unpaired) electrons. The second-order valence-electron chi connectivity index (χ2n) is 6.89. The van der Waals surface area contributed by atoms with Gasteiger partial charge in [-0.3, -0.25) is 9.69 Å². The largest absolute Gasteiger partial charge is 0.444 e. The van der Waals surface area contributed by atoms with Gasteiger partial charge in [-0.05, 0) is 36.1 Å². The molecule has 1 aliphatic heterocycles. The number of aryl methyl sites for hydroxylation is 1. The summed E-state index contributed by atoms with van der Waals surface area (Å²) in [5.41, 5.74) is 2.46. The molecular formula is C21H17N3O3. The molecule has 1 aromatic heterocycles. The van der Waals surface area contributed by atoms with E-state index in [1.54, 1.807) is 0 Å². The van der Waals surface area contributed by atoms with Crippen molar-refractivity contribution in [2.45, 2.75) is 24.9 Å². The van der Waals surface area contributed by atoms with Gasteiger partial charge < -0.3 is 9.73 Å². The minimum absolute atomic E-state index is 0.0882. The Morgan fingerprint density at radius 2 is 1.85 bits per heavy atom. The van der Waals surface area contributed by atoms with Gasteiger partial charge in [0.05, 0.1) is 12.2 Å². The third kappa shape index (κ3) is 2.37. The molecule has 0 bridgehead atoms. The number of nitrogens with zero attached hydrogens (tertiary/aromatic N) is 2. The van der Waals surface area contributed by atoms with Crippen molar-refractivity contribution in [3.05, 3.63) is 77.7 Å². The van der Waals surface area contributed by atoms with Crippen LogP contribution in [0, 0.1) is 0 Å². The summed E-state index contributed by atoms with van der Waals surface area (Å²) >= 11 is 0. The summed E-state index contributed by atoms with van der Waals surface area (Å²) in [5.74, 6) is 0.250. The van der Waals surface area contributed by atoms with Crippen LogP contribution < -0.4 is 5.32 Å². The van der Waals surface area contributed by atoms with Crippen molar-refractivity contribution in [2.24, 2.45) is 0 Å². The fraction of sp³-hybridized carbons (Fsp3) is 0.190. The molecule has 1 spiro atoms. The number of urea groups is 1. The first kappa shape index (κ1) is 15.8. The highest BCUT2D eigenvalue weighted by Crippen LogP contribution is 2.41. The van der Waals surface area contributed by atoms with Crippen LogP contribution in [0.3, 0.4) is 0 Å². The van der Waals surface area contributed by atoms with Crippen LogP contribution in [0.1, 0.15) is 23.2 Å². The van der Waals surface area contributed by atoms with E-state index in [2.05, 4.69) is 10.3 Å². The maximum Gasteiger partial charge on any atom is 0.325 e. The molecule has 134 valence electrons. The van der Waals surface area contributed by atoms with E-state index < -0.39 is 5.54 Å². The second kappa shape index (κ2) is 5.81. The van der Waals surface area contributed by atoms with Gasteiger partial charge in [-0.1, -0.05) is 42.5 Å². The number of amides is 3. The van der Waals surface area contributed by atoms with Crippen molar-refractivity contribution < 1.29 is 14.0 Å². The number of imide groups is 1. The number of carbonyl (C=O) groups excluding carboxylic acids is 2. The predicted octanol–water partition coefficient (Wildman–Crippen LogP) is 3.24. The number of hydrogen-bond donors (Lipinski definition) is 1. The van der Waals surface area contributed by atoms with Crippen molar-refractivity contribution in [2.75, 3.05) is 0 Å². The molecule has 3 amide bonds. The van der Waals surface area contributed by atoms with E-state index in [1.807, 2.05) is 54.6 Å². The Hall–Kier alpha value is -3.41. The van der Waals surface area contributed by atoms with Crippen LogP contribution in [0.2, 0.25) is 0 Å². The van der Waals surface area contributed by atoms with Crippen molar-refractivity contribution in [3.63, 3.8) is 0 Å². The average molecular weight is 359 g/mol. The topological polar surface area (TPSA) is 75.4 Å². The van der Waals surface area contributed by atoms with Crippen LogP contribution in [-0.2, 0) is 23.3 Å². The lowest BCUT2D eigenvalue weighted by atomic mass is 9.92. The minimum atomic E-state index is -0.945. The fourth-order valence-corrected chi connectivity index (χ4v) is 3.99. The van der Waals surface area contributed by atoms with Gasteiger partial charge in [0.25, 0.3) is 5.91 Å². The van der Waals surface area contributed by atoms with Gasteiger partial charge in [0.1, 0.15) is 11.8 Å². The molecule has 0 saturated carbocycles. The first-order valence-electron chi connectivity index (χ1n) is 8.90. The summed E-state index contributed by atoms with van der Waals surface area (Å²) in [6.45, 7) is 0.0882.